The van der Waals surface area contributed by atoms with Crippen molar-refractivity contribution in [3.8, 4) is 6.07 Å². The highest BCUT2D eigenvalue weighted by atomic mass is 16.2. The summed E-state index contributed by atoms with van der Waals surface area (Å²) >= 11 is 0. The van der Waals surface area contributed by atoms with Crippen molar-refractivity contribution in [1.82, 2.24) is 20.8 Å². The number of nitrogen functional groups attached to an aromatic ring is 1. The SMILES string of the molecule is C[C@H]1[C@H](C)CCC[C@H]1NC(=O)NCCCc1[nH]nc(N)c1C#N. The van der Waals surface area contributed by atoms with Gasteiger partial charge in [0.25, 0.3) is 0 Å². The number of rotatable bonds is 5. The third-order valence-electron chi connectivity index (χ3n) is 4.89. The van der Waals surface area contributed by atoms with Crippen LogP contribution in [0, 0.1) is 23.2 Å². The smallest absolute Gasteiger partial charge is 0.315 e. The molecular weight excluding hydrogens is 292 g/mol. The zero-order valence-electron chi connectivity index (χ0n) is 13.9. The fraction of sp³-hybridized carbons (Fsp3) is 0.688. The number of H-pyrrole nitrogens is 1. The fourth-order valence-corrected chi connectivity index (χ4v) is 3.17. The van der Waals surface area contributed by atoms with Gasteiger partial charge in [0.2, 0.25) is 0 Å². The first-order chi connectivity index (χ1) is 11.0. The average Bonchev–Trinajstić information content (AvgIpc) is 2.88. The van der Waals surface area contributed by atoms with E-state index < -0.39 is 0 Å². The van der Waals surface area contributed by atoms with Crippen LogP contribution in [0.15, 0.2) is 0 Å². The largest absolute Gasteiger partial charge is 0.381 e. The number of aryl methyl sites for hydroxylation is 1. The summed E-state index contributed by atoms with van der Waals surface area (Å²) in [5.74, 6) is 1.40. The molecule has 1 heterocycles. The van der Waals surface area contributed by atoms with E-state index in [0.717, 1.165) is 18.5 Å². The maximum atomic E-state index is 12.0. The predicted octanol–water partition coefficient (Wildman–Crippen LogP) is 1.92. The molecule has 1 aromatic rings. The van der Waals surface area contributed by atoms with Gasteiger partial charge in [-0.3, -0.25) is 5.10 Å². The van der Waals surface area contributed by atoms with Gasteiger partial charge < -0.3 is 16.4 Å². The van der Waals surface area contributed by atoms with Gasteiger partial charge in [-0.1, -0.05) is 26.7 Å². The molecule has 2 amide bonds. The van der Waals surface area contributed by atoms with Crippen LogP contribution in [0.1, 0.15) is 50.8 Å². The van der Waals surface area contributed by atoms with E-state index in [1.165, 1.54) is 12.8 Å². The number of nitrogens with one attached hydrogen (secondary N) is 3. The van der Waals surface area contributed by atoms with E-state index in [4.69, 9.17) is 11.0 Å². The second kappa shape index (κ2) is 7.86. The zero-order valence-corrected chi connectivity index (χ0v) is 13.9. The van der Waals surface area contributed by atoms with Crippen LogP contribution in [0.3, 0.4) is 0 Å². The number of hydrogen-bond donors (Lipinski definition) is 4. The van der Waals surface area contributed by atoms with Crippen LogP contribution < -0.4 is 16.4 Å². The monoisotopic (exact) mass is 318 g/mol. The number of nitrogens with zero attached hydrogens (tertiary/aromatic N) is 2. The summed E-state index contributed by atoms with van der Waals surface area (Å²) in [7, 11) is 0. The molecule has 126 valence electrons. The van der Waals surface area contributed by atoms with E-state index in [1.54, 1.807) is 0 Å². The lowest BCUT2D eigenvalue weighted by molar-refractivity contribution is 0.195. The lowest BCUT2D eigenvalue weighted by atomic mass is 9.78. The standard InChI is InChI=1S/C16H26N6O/c1-10-5-3-6-13(11(10)2)20-16(23)19-8-4-7-14-12(9-17)15(18)22-21-14/h10-11,13H,3-8H2,1-2H3,(H3,18,21,22)(H2,19,20,23)/t10-,11+,13-/m1/s1. The summed E-state index contributed by atoms with van der Waals surface area (Å²) in [5.41, 5.74) is 6.71. The Morgan fingerprint density at radius 1 is 1.48 bits per heavy atom. The molecule has 1 aliphatic carbocycles. The first kappa shape index (κ1) is 17.1. The first-order valence-corrected chi connectivity index (χ1v) is 8.30. The molecule has 1 fully saturated rings. The van der Waals surface area contributed by atoms with Crippen molar-refractivity contribution in [2.75, 3.05) is 12.3 Å². The fourth-order valence-electron chi connectivity index (χ4n) is 3.17. The predicted molar refractivity (Wildman–Crippen MR) is 88.5 cm³/mol. The minimum absolute atomic E-state index is 0.111. The molecule has 0 aliphatic heterocycles. The number of amides is 2. The van der Waals surface area contributed by atoms with Gasteiger partial charge in [-0.2, -0.15) is 10.4 Å². The van der Waals surface area contributed by atoms with Crippen LogP contribution in [0.2, 0.25) is 0 Å². The van der Waals surface area contributed by atoms with Gasteiger partial charge in [0.1, 0.15) is 11.6 Å². The van der Waals surface area contributed by atoms with E-state index >= 15 is 0 Å². The number of aromatic amines is 1. The number of anilines is 1. The Bertz CT molecular complexity index is 576. The van der Waals surface area contributed by atoms with Gasteiger partial charge in [-0.15, -0.1) is 0 Å². The molecule has 5 N–H and O–H groups in total. The van der Waals surface area contributed by atoms with Crippen molar-refractivity contribution < 1.29 is 4.79 Å². The molecule has 0 unspecified atom stereocenters. The zero-order chi connectivity index (χ0) is 16.8. The highest BCUT2D eigenvalue weighted by Gasteiger charge is 2.27. The molecule has 1 aromatic heterocycles. The molecule has 0 saturated heterocycles. The molecule has 1 saturated carbocycles. The van der Waals surface area contributed by atoms with Crippen LogP contribution in [0.5, 0.6) is 0 Å². The van der Waals surface area contributed by atoms with Gasteiger partial charge in [-0.05, 0) is 31.1 Å². The maximum absolute atomic E-state index is 12.0. The van der Waals surface area contributed by atoms with Crippen molar-refractivity contribution >= 4 is 11.8 Å². The molecule has 1 aliphatic rings. The number of nitrogens with two attached hydrogens (primary N) is 1. The minimum atomic E-state index is -0.111. The van der Waals surface area contributed by atoms with Crippen LogP contribution in [-0.4, -0.2) is 28.8 Å². The number of carbonyl (C=O) groups is 1. The Balaban J connectivity index is 1.70. The Labute approximate surface area is 137 Å². The van der Waals surface area contributed by atoms with Crippen molar-refractivity contribution in [2.45, 2.75) is 52.0 Å². The summed E-state index contributed by atoms with van der Waals surface area (Å²) in [4.78, 5) is 12.0. The van der Waals surface area contributed by atoms with Crippen LogP contribution >= 0.6 is 0 Å². The minimum Gasteiger partial charge on any atom is -0.381 e. The first-order valence-electron chi connectivity index (χ1n) is 8.30. The highest BCUT2D eigenvalue weighted by Crippen LogP contribution is 2.29. The third kappa shape index (κ3) is 4.38. The average molecular weight is 318 g/mol. The van der Waals surface area contributed by atoms with Gasteiger partial charge in [-0.25, -0.2) is 4.79 Å². The quantitative estimate of drug-likeness (QED) is 0.620. The number of nitriles is 1. The normalized spacial score (nSPS) is 24.0. The molecule has 0 spiro atoms. The van der Waals surface area contributed by atoms with Crippen molar-refractivity contribution in [2.24, 2.45) is 11.8 Å². The van der Waals surface area contributed by atoms with E-state index in [9.17, 15) is 4.79 Å². The summed E-state index contributed by atoms with van der Waals surface area (Å²) in [6.07, 6.45) is 4.83. The van der Waals surface area contributed by atoms with E-state index in [-0.39, 0.29) is 17.9 Å². The maximum Gasteiger partial charge on any atom is 0.315 e. The number of aromatic nitrogens is 2. The summed E-state index contributed by atoms with van der Waals surface area (Å²) < 4.78 is 0. The van der Waals surface area contributed by atoms with Gasteiger partial charge in [0.15, 0.2) is 5.82 Å². The second-order valence-electron chi connectivity index (χ2n) is 6.45. The van der Waals surface area contributed by atoms with Crippen molar-refractivity contribution in [3.63, 3.8) is 0 Å². The second-order valence-corrected chi connectivity index (χ2v) is 6.45. The Morgan fingerprint density at radius 3 is 3.00 bits per heavy atom. The molecule has 7 heteroatoms. The Kier molecular flexibility index (Phi) is 5.85. The van der Waals surface area contributed by atoms with Gasteiger partial charge in [0.05, 0.1) is 5.69 Å². The molecular formula is C16H26N6O. The molecule has 3 atom stereocenters. The Hall–Kier alpha value is -2.23. The third-order valence-corrected chi connectivity index (χ3v) is 4.89. The summed E-state index contributed by atoms with van der Waals surface area (Å²) in [5, 5.41) is 21.5. The topological polar surface area (TPSA) is 120 Å². The number of urea groups is 1. The van der Waals surface area contributed by atoms with Crippen LogP contribution in [0.25, 0.3) is 0 Å². The van der Waals surface area contributed by atoms with Gasteiger partial charge >= 0.3 is 6.03 Å². The Morgan fingerprint density at radius 2 is 2.26 bits per heavy atom. The van der Waals surface area contributed by atoms with Crippen molar-refractivity contribution in [1.29, 1.82) is 5.26 Å². The molecule has 7 nitrogen and oxygen atoms in total. The summed E-state index contributed by atoms with van der Waals surface area (Å²) in [6.45, 7) is 5.01. The number of carbonyl (C=O) groups excluding carboxylic acids is 1. The molecule has 0 radical (unpaired) electrons. The van der Waals surface area contributed by atoms with E-state index in [1.807, 2.05) is 6.07 Å². The molecule has 0 bridgehead atoms. The summed E-state index contributed by atoms with van der Waals surface area (Å²) in [6, 6.07) is 2.19. The molecule has 23 heavy (non-hydrogen) atoms. The number of hydrogen-bond acceptors (Lipinski definition) is 4. The van der Waals surface area contributed by atoms with E-state index in [0.29, 0.717) is 30.4 Å². The highest BCUT2D eigenvalue weighted by molar-refractivity contribution is 5.74. The lowest BCUT2D eigenvalue weighted by Crippen LogP contribution is -2.48. The van der Waals surface area contributed by atoms with Crippen molar-refractivity contribution in [3.05, 3.63) is 11.3 Å². The van der Waals surface area contributed by atoms with E-state index in [2.05, 4.69) is 34.7 Å². The van der Waals surface area contributed by atoms with Crippen LogP contribution in [0.4, 0.5) is 10.6 Å². The lowest BCUT2D eigenvalue weighted by Gasteiger charge is -2.34. The van der Waals surface area contributed by atoms with Gasteiger partial charge in [0, 0.05) is 12.6 Å². The van der Waals surface area contributed by atoms with Crippen LogP contribution in [-0.2, 0) is 6.42 Å². The molecule has 0 aromatic carbocycles. The molecule has 2 rings (SSSR count).